The molecular formula is C25H34N4O2. The van der Waals surface area contributed by atoms with E-state index < -0.39 is 0 Å². The molecule has 1 aliphatic heterocycles. The predicted molar refractivity (Wildman–Crippen MR) is 124 cm³/mol. The van der Waals surface area contributed by atoms with E-state index in [9.17, 15) is 9.59 Å². The fourth-order valence-electron chi connectivity index (χ4n) is 4.10. The van der Waals surface area contributed by atoms with Gasteiger partial charge in [0.05, 0.1) is 0 Å². The van der Waals surface area contributed by atoms with Crippen LogP contribution in [0.5, 0.6) is 0 Å². The molecule has 2 heterocycles. The Morgan fingerprint density at radius 3 is 2.65 bits per heavy atom. The number of pyridine rings is 1. The Labute approximate surface area is 185 Å². The summed E-state index contributed by atoms with van der Waals surface area (Å²) in [5.41, 5.74) is 2.44. The van der Waals surface area contributed by atoms with Gasteiger partial charge < -0.3 is 15.5 Å². The van der Waals surface area contributed by atoms with E-state index in [-0.39, 0.29) is 11.9 Å². The number of urea groups is 1. The summed E-state index contributed by atoms with van der Waals surface area (Å²) >= 11 is 0. The second-order valence-electron chi connectivity index (χ2n) is 8.40. The minimum atomic E-state index is -0.165. The van der Waals surface area contributed by atoms with Crippen molar-refractivity contribution in [1.82, 2.24) is 15.2 Å². The molecular weight excluding hydrogens is 388 g/mol. The average molecular weight is 423 g/mol. The highest BCUT2D eigenvalue weighted by molar-refractivity contribution is 5.94. The summed E-state index contributed by atoms with van der Waals surface area (Å²) in [6.45, 7) is 4.36. The van der Waals surface area contributed by atoms with Crippen LogP contribution in [0.25, 0.3) is 0 Å². The lowest BCUT2D eigenvalue weighted by Crippen LogP contribution is -2.29. The Bertz CT molecular complexity index is 840. The van der Waals surface area contributed by atoms with Gasteiger partial charge in [-0.25, -0.2) is 4.79 Å². The van der Waals surface area contributed by atoms with Crippen LogP contribution in [0.15, 0.2) is 48.7 Å². The molecule has 6 heteroatoms. The summed E-state index contributed by atoms with van der Waals surface area (Å²) in [4.78, 5) is 30.5. The van der Waals surface area contributed by atoms with Gasteiger partial charge in [-0.1, -0.05) is 43.9 Å². The van der Waals surface area contributed by atoms with E-state index in [1.165, 1.54) is 25.7 Å². The van der Waals surface area contributed by atoms with Gasteiger partial charge >= 0.3 is 6.03 Å². The molecule has 2 aromatic rings. The SMILES string of the molecule is Cc1cc(NC(=O)NCCCCCCCC2CCN(C(=O)c3ccccc3)C2)ccn1. The molecule has 0 aliphatic carbocycles. The molecule has 31 heavy (non-hydrogen) atoms. The molecule has 0 spiro atoms. The number of nitrogens with one attached hydrogen (secondary N) is 2. The number of amides is 3. The Kier molecular flexibility index (Phi) is 8.88. The smallest absolute Gasteiger partial charge is 0.319 e. The summed E-state index contributed by atoms with van der Waals surface area (Å²) in [5.74, 6) is 0.800. The number of unbranched alkanes of at least 4 members (excludes halogenated alkanes) is 4. The number of hydrogen-bond acceptors (Lipinski definition) is 3. The molecule has 1 atom stereocenters. The normalized spacial score (nSPS) is 15.6. The van der Waals surface area contributed by atoms with Crippen LogP contribution in [0.1, 0.15) is 61.0 Å². The number of hydrogen-bond donors (Lipinski definition) is 2. The molecule has 1 aromatic heterocycles. The highest BCUT2D eigenvalue weighted by Gasteiger charge is 2.26. The van der Waals surface area contributed by atoms with Gasteiger partial charge in [0.15, 0.2) is 0 Å². The zero-order valence-corrected chi connectivity index (χ0v) is 18.5. The van der Waals surface area contributed by atoms with Crippen molar-refractivity contribution in [2.45, 2.75) is 51.9 Å². The molecule has 3 rings (SSSR count). The summed E-state index contributed by atoms with van der Waals surface area (Å²) in [7, 11) is 0. The number of nitrogens with zero attached hydrogens (tertiary/aromatic N) is 2. The summed E-state index contributed by atoms with van der Waals surface area (Å²) in [5, 5.41) is 5.74. The quantitative estimate of drug-likeness (QED) is 0.528. The van der Waals surface area contributed by atoms with Crippen molar-refractivity contribution in [3.05, 3.63) is 59.9 Å². The first-order chi connectivity index (χ1) is 15.1. The van der Waals surface area contributed by atoms with Gasteiger partial charge in [-0.2, -0.15) is 0 Å². The molecule has 3 amide bonds. The van der Waals surface area contributed by atoms with Gasteiger partial charge in [0.25, 0.3) is 5.91 Å². The number of carbonyl (C=O) groups excluding carboxylic acids is 2. The Morgan fingerprint density at radius 1 is 1.06 bits per heavy atom. The first kappa shape index (κ1) is 22.8. The van der Waals surface area contributed by atoms with E-state index >= 15 is 0 Å². The standard InChI is InChI=1S/C25H34N4O2/c1-20-18-23(13-16-26-20)28-25(31)27-15-9-4-2-3-6-10-21-14-17-29(19-21)24(30)22-11-7-5-8-12-22/h5,7-8,11-13,16,18,21H,2-4,6,9-10,14-15,17,19H2,1H3,(H2,26,27,28,31). The maximum absolute atomic E-state index is 12.5. The molecule has 6 nitrogen and oxygen atoms in total. The lowest BCUT2D eigenvalue weighted by atomic mass is 10.00. The highest BCUT2D eigenvalue weighted by Crippen LogP contribution is 2.24. The largest absolute Gasteiger partial charge is 0.338 e. The maximum Gasteiger partial charge on any atom is 0.319 e. The first-order valence-corrected chi connectivity index (χ1v) is 11.4. The monoisotopic (exact) mass is 422 g/mol. The van der Waals surface area contributed by atoms with Crippen molar-refractivity contribution in [3.8, 4) is 0 Å². The fraction of sp³-hybridized carbons (Fsp3) is 0.480. The van der Waals surface area contributed by atoms with Crippen LogP contribution in [-0.2, 0) is 0 Å². The van der Waals surface area contributed by atoms with Crippen molar-refractivity contribution in [2.24, 2.45) is 5.92 Å². The van der Waals surface area contributed by atoms with Crippen molar-refractivity contribution in [3.63, 3.8) is 0 Å². The number of carbonyl (C=O) groups is 2. The summed E-state index contributed by atoms with van der Waals surface area (Å²) in [6, 6.07) is 13.0. The third kappa shape index (κ3) is 7.70. The van der Waals surface area contributed by atoms with E-state index in [4.69, 9.17) is 0 Å². The van der Waals surface area contributed by atoms with Crippen LogP contribution >= 0.6 is 0 Å². The van der Waals surface area contributed by atoms with Crippen LogP contribution in [-0.4, -0.2) is 41.5 Å². The van der Waals surface area contributed by atoms with Crippen molar-refractivity contribution < 1.29 is 9.59 Å². The van der Waals surface area contributed by atoms with Gasteiger partial charge in [0, 0.05) is 42.8 Å². The number of aromatic nitrogens is 1. The summed E-state index contributed by atoms with van der Waals surface area (Å²) in [6.07, 6.45) is 9.74. The molecule has 1 fully saturated rings. The number of aryl methyl sites for hydroxylation is 1. The van der Waals surface area contributed by atoms with Crippen molar-refractivity contribution >= 4 is 17.6 Å². The average Bonchev–Trinajstić information content (AvgIpc) is 3.24. The van der Waals surface area contributed by atoms with Crippen LogP contribution in [0.3, 0.4) is 0 Å². The summed E-state index contributed by atoms with van der Waals surface area (Å²) < 4.78 is 0. The molecule has 1 saturated heterocycles. The molecule has 1 aromatic carbocycles. The third-order valence-corrected chi connectivity index (χ3v) is 5.82. The zero-order valence-electron chi connectivity index (χ0n) is 18.5. The minimum absolute atomic E-state index is 0.165. The van der Waals surface area contributed by atoms with Crippen LogP contribution in [0.2, 0.25) is 0 Å². The van der Waals surface area contributed by atoms with Gasteiger partial charge in [0.1, 0.15) is 0 Å². The van der Waals surface area contributed by atoms with E-state index in [0.717, 1.165) is 49.3 Å². The van der Waals surface area contributed by atoms with Gasteiger partial charge in [-0.15, -0.1) is 0 Å². The Hall–Kier alpha value is -2.89. The second kappa shape index (κ2) is 12.1. The fourth-order valence-corrected chi connectivity index (χ4v) is 4.10. The van der Waals surface area contributed by atoms with Crippen LogP contribution in [0.4, 0.5) is 10.5 Å². The predicted octanol–water partition coefficient (Wildman–Crippen LogP) is 5.01. The van der Waals surface area contributed by atoms with Crippen molar-refractivity contribution in [2.75, 3.05) is 25.0 Å². The lowest BCUT2D eigenvalue weighted by molar-refractivity contribution is 0.0786. The van der Waals surface area contributed by atoms with E-state index in [0.29, 0.717) is 12.5 Å². The molecule has 0 radical (unpaired) electrons. The number of rotatable bonds is 10. The van der Waals surface area contributed by atoms with E-state index in [1.54, 1.807) is 12.3 Å². The lowest BCUT2D eigenvalue weighted by Gasteiger charge is -2.16. The third-order valence-electron chi connectivity index (χ3n) is 5.82. The van der Waals surface area contributed by atoms with Crippen LogP contribution < -0.4 is 10.6 Å². The molecule has 0 saturated carbocycles. The van der Waals surface area contributed by atoms with E-state index in [2.05, 4.69) is 15.6 Å². The Balaban J connectivity index is 1.19. The zero-order chi connectivity index (χ0) is 21.9. The minimum Gasteiger partial charge on any atom is -0.338 e. The second-order valence-corrected chi connectivity index (χ2v) is 8.40. The number of likely N-dealkylation sites (tertiary alicyclic amines) is 1. The molecule has 0 bridgehead atoms. The molecule has 166 valence electrons. The van der Waals surface area contributed by atoms with Gasteiger partial charge in [-0.05, 0) is 56.4 Å². The number of anilines is 1. The molecule has 2 N–H and O–H groups in total. The number of benzene rings is 1. The van der Waals surface area contributed by atoms with Gasteiger partial charge in [-0.3, -0.25) is 9.78 Å². The topological polar surface area (TPSA) is 74.3 Å². The van der Waals surface area contributed by atoms with Crippen molar-refractivity contribution in [1.29, 1.82) is 0 Å². The maximum atomic E-state index is 12.5. The van der Waals surface area contributed by atoms with E-state index in [1.807, 2.05) is 48.2 Å². The highest BCUT2D eigenvalue weighted by atomic mass is 16.2. The van der Waals surface area contributed by atoms with Crippen LogP contribution in [0, 0.1) is 12.8 Å². The molecule has 1 unspecified atom stereocenters. The Morgan fingerprint density at radius 2 is 1.84 bits per heavy atom. The van der Waals surface area contributed by atoms with Gasteiger partial charge in [0.2, 0.25) is 0 Å². The first-order valence-electron chi connectivity index (χ1n) is 11.4. The molecule has 1 aliphatic rings.